The van der Waals surface area contributed by atoms with Crippen molar-refractivity contribution in [3.8, 4) is 11.4 Å². The largest absolute Gasteiger partial charge is 0.496 e. The van der Waals surface area contributed by atoms with Crippen molar-refractivity contribution >= 4 is 33.0 Å². The first kappa shape index (κ1) is 20.5. The van der Waals surface area contributed by atoms with Crippen LogP contribution in [0, 0.1) is 0 Å². The zero-order valence-corrected chi connectivity index (χ0v) is 18.2. The number of hydrogen-bond acceptors (Lipinski definition) is 4. The highest BCUT2D eigenvalue weighted by atomic mass is 35.5. The number of carbonyl (C=O) groups excluding carboxylic acids is 1. The fourth-order valence-corrected chi connectivity index (χ4v) is 4.66. The Morgan fingerprint density at radius 1 is 1.10 bits per heavy atom. The Labute approximate surface area is 180 Å². The number of amides is 1. The van der Waals surface area contributed by atoms with Crippen LogP contribution < -0.4 is 9.64 Å². The first-order valence-electron chi connectivity index (χ1n) is 9.45. The molecule has 6 nitrogen and oxygen atoms in total. The summed E-state index contributed by atoms with van der Waals surface area (Å²) in [6, 6.07) is 12.0. The Morgan fingerprint density at radius 2 is 1.83 bits per heavy atom. The van der Waals surface area contributed by atoms with Crippen LogP contribution in [0.4, 0.5) is 5.69 Å². The number of aromatic nitrogens is 1. The molecule has 0 atom stereocenters. The molecule has 0 saturated carbocycles. The molecule has 0 N–H and O–H groups in total. The molecular formula is C22H21ClN2O4S. The lowest BCUT2D eigenvalue weighted by Crippen LogP contribution is -2.35. The van der Waals surface area contributed by atoms with Crippen molar-refractivity contribution in [2.24, 2.45) is 0 Å². The van der Waals surface area contributed by atoms with E-state index in [2.05, 4.69) is 0 Å². The zero-order valence-electron chi connectivity index (χ0n) is 16.6. The van der Waals surface area contributed by atoms with Gasteiger partial charge in [0, 0.05) is 36.9 Å². The molecule has 3 aromatic rings. The van der Waals surface area contributed by atoms with Crippen LogP contribution in [0.25, 0.3) is 5.69 Å². The van der Waals surface area contributed by atoms with Gasteiger partial charge >= 0.3 is 0 Å². The van der Waals surface area contributed by atoms with Crippen LogP contribution in [0.15, 0.2) is 59.8 Å². The molecule has 0 aliphatic carbocycles. The molecule has 2 aromatic carbocycles. The molecule has 0 unspecified atom stereocenters. The van der Waals surface area contributed by atoms with E-state index >= 15 is 0 Å². The molecule has 1 aliphatic rings. The molecule has 0 bridgehead atoms. The Morgan fingerprint density at radius 3 is 2.50 bits per heavy atom. The third-order valence-electron chi connectivity index (χ3n) is 5.22. The monoisotopic (exact) mass is 444 g/mol. The van der Waals surface area contributed by atoms with Crippen LogP contribution >= 0.6 is 11.6 Å². The molecule has 2 heterocycles. The number of halogens is 1. The number of rotatable bonds is 4. The van der Waals surface area contributed by atoms with Gasteiger partial charge in [-0.15, -0.1) is 0 Å². The van der Waals surface area contributed by atoms with Gasteiger partial charge in [-0.1, -0.05) is 11.6 Å². The summed E-state index contributed by atoms with van der Waals surface area (Å²) in [5, 5.41) is 0.431. The number of aryl methyl sites for hydroxylation is 1. The molecule has 156 valence electrons. The van der Waals surface area contributed by atoms with Crippen LogP contribution in [0.1, 0.15) is 22.3 Å². The number of anilines is 1. The zero-order chi connectivity index (χ0) is 21.5. The average Bonchev–Trinajstić information content (AvgIpc) is 3.26. The van der Waals surface area contributed by atoms with Crippen molar-refractivity contribution in [3.63, 3.8) is 0 Å². The van der Waals surface area contributed by atoms with Crippen molar-refractivity contribution in [2.45, 2.75) is 17.7 Å². The molecule has 1 aromatic heterocycles. The predicted octanol–water partition coefficient (Wildman–Crippen LogP) is 4.14. The molecule has 1 amide bonds. The Hall–Kier alpha value is -2.77. The number of carbonyl (C=O) groups is 1. The fraction of sp³-hybridized carbons (Fsp3) is 0.227. The summed E-state index contributed by atoms with van der Waals surface area (Å²) in [7, 11) is -1.80. The Balaban J connectivity index is 1.75. The van der Waals surface area contributed by atoms with Crippen molar-refractivity contribution in [1.29, 1.82) is 0 Å². The van der Waals surface area contributed by atoms with Gasteiger partial charge in [-0.05, 0) is 54.8 Å². The van der Waals surface area contributed by atoms with Gasteiger partial charge in [0.1, 0.15) is 5.75 Å². The van der Waals surface area contributed by atoms with Crippen LogP contribution in [-0.4, -0.2) is 38.8 Å². The summed E-state index contributed by atoms with van der Waals surface area (Å²) >= 11 is 6.49. The van der Waals surface area contributed by atoms with Gasteiger partial charge in [0.2, 0.25) is 0 Å². The molecule has 0 radical (unpaired) electrons. The lowest BCUT2D eigenvalue weighted by molar-refractivity contribution is 0.0982. The predicted molar refractivity (Wildman–Crippen MR) is 117 cm³/mol. The molecule has 4 rings (SSSR count). The quantitative estimate of drug-likeness (QED) is 0.606. The number of ether oxygens (including phenoxy) is 1. The van der Waals surface area contributed by atoms with E-state index in [1.807, 2.05) is 29.1 Å². The van der Waals surface area contributed by atoms with Gasteiger partial charge in [0.15, 0.2) is 9.84 Å². The second kappa shape index (κ2) is 7.81. The second-order valence-corrected chi connectivity index (χ2v) is 9.64. The average molecular weight is 445 g/mol. The maximum absolute atomic E-state index is 13.4. The summed E-state index contributed by atoms with van der Waals surface area (Å²) < 4.78 is 31.1. The summed E-state index contributed by atoms with van der Waals surface area (Å²) in [6.07, 6.45) is 6.36. The van der Waals surface area contributed by atoms with Gasteiger partial charge in [0.25, 0.3) is 5.91 Å². The molecule has 0 saturated heterocycles. The summed E-state index contributed by atoms with van der Waals surface area (Å²) in [5.74, 6) is 0.189. The minimum Gasteiger partial charge on any atom is -0.496 e. The third kappa shape index (κ3) is 3.70. The minimum absolute atomic E-state index is 0.235. The SMILES string of the molecule is COc1cc(-n2cccc2)c(Cl)cc1C(=O)N1CCCc2cc(S(C)(=O)=O)ccc21. The maximum Gasteiger partial charge on any atom is 0.262 e. The first-order chi connectivity index (χ1) is 14.3. The topological polar surface area (TPSA) is 68.6 Å². The molecule has 8 heteroatoms. The lowest BCUT2D eigenvalue weighted by Gasteiger charge is -2.30. The second-order valence-electron chi connectivity index (χ2n) is 7.22. The number of fused-ring (bicyclic) bond motifs is 1. The standard InChI is InChI=1S/C22H21ClN2O4S/c1-29-21-14-20(24-9-3-4-10-24)18(23)13-17(21)22(26)25-11-5-6-15-12-16(30(2,27)28)7-8-19(15)25/h3-4,7-10,12-14H,5-6,11H2,1-2H3. The smallest absolute Gasteiger partial charge is 0.262 e. The van der Waals surface area contributed by atoms with Gasteiger partial charge in [-0.25, -0.2) is 8.42 Å². The highest BCUT2D eigenvalue weighted by Crippen LogP contribution is 2.35. The Kier molecular flexibility index (Phi) is 5.34. The van der Waals surface area contributed by atoms with Crippen LogP contribution in [0.5, 0.6) is 5.75 Å². The van der Waals surface area contributed by atoms with E-state index in [4.69, 9.17) is 16.3 Å². The van der Waals surface area contributed by atoms with Gasteiger partial charge in [-0.2, -0.15) is 0 Å². The summed E-state index contributed by atoms with van der Waals surface area (Å²) in [5.41, 5.74) is 2.63. The van der Waals surface area contributed by atoms with Gasteiger partial charge in [0.05, 0.1) is 28.3 Å². The Bertz CT molecular complexity index is 1220. The number of benzene rings is 2. The normalized spacial score (nSPS) is 13.8. The fourth-order valence-electron chi connectivity index (χ4n) is 3.73. The number of nitrogens with zero attached hydrogens (tertiary/aromatic N) is 2. The van der Waals surface area contributed by atoms with E-state index in [1.54, 1.807) is 35.2 Å². The van der Waals surface area contributed by atoms with E-state index in [0.717, 1.165) is 12.0 Å². The van der Waals surface area contributed by atoms with Crippen molar-refractivity contribution < 1.29 is 17.9 Å². The summed E-state index contributed by atoms with van der Waals surface area (Å²) in [6.45, 7) is 0.532. The summed E-state index contributed by atoms with van der Waals surface area (Å²) in [4.78, 5) is 15.4. The van der Waals surface area contributed by atoms with E-state index in [1.165, 1.54) is 13.4 Å². The third-order valence-corrected chi connectivity index (χ3v) is 6.64. The number of sulfone groups is 1. The van der Waals surface area contributed by atoms with Crippen molar-refractivity contribution in [1.82, 2.24) is 4.57 Å². The van der Waals surface area contributed by atoms with E-state index in [9.17, 15) is 13.2 Å². The van der Waals surface area contributed by atoms with Crippen LogP contribution in [-0.2, 0) is 16.3 Å². The maximum atomic E-state index is 13.4. The van der Waals surface area contributed by atoms with Crippen LogP contribution in [0.2, 0.25) is 5.02 Å². The highest BCUT2D eigenvalue weighted by molar-refractivity contribution is 7.90. The van der Waals surface area contributed by atoms with E-state index < -0.39 is 9.84 Å². The van der Waals surface area contributed by atoms with Crippen molar-refractivity contribution in [2.75, 3.05) is 24.8 Å². The molecule has 30 heavy (non-hydrogen) atoms. The molecular weight excluding hydrogens is 424 g/mol. The highest BCUT2D eigenvalue weighted by Gasteiger charge is 2.27. The lowest BCUT2D eigenvalue weighted by atomic mass is 10.0. The minimum atomic E-state index is -3.31. The first-order valence-corrected chi connectivity index (χ1v) is 11.7. The number of hydrogen-bond donors (Lipinski definition) is 0. The molecule has 0 fully saturated rings. The van der Waals surface area contributed by atoms with Crippen LogP contribution in [0.3, 0.4) is 0 Å². The molecule has 0 spiro atoms. The van der Waals surface area contributed by atoms with E-state index in [0.29, 0.717) is 40.7 Å². The number of methoxy groups -OCH3 is 1. The molecule has 1 aliphatic heterocycles. The van der Waals surface area contributed by atoms with Gasteiger partial charge in [-0.3, -0.25) is 4.79 Å². The van der Waals surface area contributed by atoms with Gasteiger partial charge < -0.3 is 14.2 Å². The van der Waals surface area contributed by atoms with Crippen molar-refractivity contribution in [3.05, 3.63) is 71.0 Å². The van der Waals surface area contributed by atoms with E-state index in [-0.39, 0.29) is 10.8 Å².